The maximum absolute atomic E-state index is 12.8. The molecule has 3 aromatic rings. The monoisotopic (exact) mass is 486 g/mol. The molecular formula is C19H18ClF3N6O2S. The van der Waals surface area contributed by atoms with Gasteiger partial charge in [-0.1, -0.05) is 11.6 Å². The Balaban J connectivity index is 1.41. The fourth-order valence-electron chi connectivity index (χ4n) is 3.26. The van der Waals surface area contributed by atoms with Crippen molar-refractivity contribution in [3.8, 4) is 5.88 Å². The molecule has 4 heterocycles. The van der Waals surface area contributed by atoms with Gasteiger partial charge in [0.2, 0.25) is 11.8 Å². The summed E-state index contributed by atoms with van der Waals surface area (Å²) in [4.78, 5) is 28.7. The van der Waals surface area contributed by atoms with Crippen LogP contribution in [0.4, 0.5) is 24.9 Å². The van der Waals surface area contributed by atoms with Crippen molar-refractivity contribution >= 4 is 34.7 Å². The highest BCUT2D eigenvalue weighted by molar-refractivity contribution is 7.12. The average molecular weight is 487 g/mol. The normalized spacial score (nSPS) is 14.7. The number of aromatic nitrogens is 4. The van der Waals surface area contributed by atoms with Crippen molar-refractivity contribution in [2.24, 2.45) is 0 Å². The number of anilines is 2. The van der Waals surface area contributed by atoms with Crippen molar-refractivity contribution in [3.05, 3.63) is 55.9 Å². The fraction of sp³-hybridized carbons (Fsp3) is 0.368. The van der Waals surface area contributed by atoms with E-state index in [4.69, 9.17) is 16.3 Å². The largest absolute Gasteiger partial charge is 0.480 e. The summed E-state index contributed by atoms with van der Waals surface area (Å²) in [6, 6.07) is 5.90. The number of ether oxygens (including phenoxy) is 1. The van der Waals surface area contributed by atoms with Gasteiger partial charge in [-0.3, -0.25) is 4.57 Å². The minimum absolute atomic E-state index is 0.0162. The second-order valence-corrected chi connectivity index (χ2v) is 8.54. The molecule has 0 bridgehead atoms. The van der Waals surface area contributed by atoms with Crippen LogP contribution in [0.3, 0.4) is 0 Å². The molecule has 8 nitrogen and oxygen atoms in total. The van der Waals surface area contributed by atoms with Gasteiger partial charge in [0.05, 0.1) is 13.7 Å². The first-order chi connectivity index (χ1) is 15.2. The summed E-state index contributed by atoms with van der Waals surface area (Å²) in [6.45, 7) is 2.36. The molecule has 0 N–H and O–H groups in total. The standard InChI is InChI=1S/C19H18ClF3N6O2S/c1-31-16-13(20)3-5-15(25-16)27-6-8-28(9-7-27)17-24-11-29(18(30)26-17)10-12-2-4-14(32-12)19(21,22)23/h2-5,11H,6-10H2,1H3. The van der Waals surface area contributed by atoms with Crippen molar-refractivity contribution in [1.29, 1.82) is 0 Å². The van der Waals surface area contributed by atoms with Crippen LogP contribution < -0.4 is 20.2 Å². The number of alkyl halides is 3. The smallest absolute Gasteiger partial charge is 0.425 e. The lowest BCUT2D eigenvalue weighted by Gasteiger charge is -2.35. The predicted molar refractivity (Wildman–Crippen MR) is 115 cm³/mol. The highest BCUT2D eigenvalue weighted by atomic mass is 35.5. The third kappa shape index (κ3) is 4.80. The second kappa shape index (κ2) is 8.94. The maximum atomic E-state index is 12.8. The minimum atomic E-state index is -4.40. The number of nitrogens with zero attached hydrogens (tertiary/aromatic N) is 6. The Morgan fingerprint density at radius 1 is 1.09 bits per heavy atom. The Hall–Kier alpha value is -2.86. The van der Waals surface area contributed by atoms with Crippen LogP contribution in [0.25, 0.3) is 0 Å². The second-order valence-electron chi connectivity index (χ2n) is 6.97. The van der Waals surface area contributed by atoms with E-state index in [1.54, 1.807) is 6.07 Å². The van der Waals surface area contributed by atoms with Crippen molar-refractivity contribution in [3.63, 3.8) is 0 Å². The number of piperazine rings is 1. The molecule has 0 aromatic carbocycles. The lowest BCUT2D eigenvalue weighted by Crippen LogP contribution is -2.48. The van der Waals surface area contributed by atoms with Gasteiger partial charge in [-0.2, -0.15) is 23.1 Å². The number of rotatable bonds is 5. The number of thiophene rings is 1. The maximum Gasteiger partial charge on any atom is 0.425 e. The Labute approximate surface area is 189 Å². The number of methoxy groups -OCH3 is 1. The van der Waals surface area contributed by atoms with Crippen LogP contribution in [-0.2, 0) is 12.7 Å². The first kappa shape index (κ1) is 22.3. The third-order valence-electron chi connectivity index (χ3n) is 4.90. The van der Waals surface area contributed by atoms with E-state index >= 15 is 0 Å². The summed E-state index contributed by atoms with van der Waals surface area (Å²) < 4.78 is 44.6. The van der Waals surface area contributed by atoms with Crippen LogP contribution in [0, 0.1) is 0 Å². The molecule has 0 radical (unpaired) electrons. The quantitative estimate of drug-likeness (QED) is 0.548. The van der Waals surface area contributed by atoms with Crippen LogP contribution in [0.1, 0.15) is 9.75 Å². The van der Waals surface area contributed by atoms with Gasteiger partial charge < -0.3 is 14.5 Å². The number of hydrogen-bond acceptors (Lipinski definition) is 8. The van der Waals surface area contributed by atoms with Gasteiger partial charge >= 0.3 is 11.9 Å². The molecule has 0 unspecified atom stereocenters. The average Bonchev–Trinajstić information content (AvgIpc) is 3.25. The van der Waals surface area contributed by atoms with Crippen LogP contribution in [0.2, 0.25) is 5.02 Å². The summed E-state index contributed by atoms with van der Waals surface area (Å²) in [6.07, 6.45) is -3.08. The predicted octanol–water partition coefficient (Wildman–Crippen LogP) is 3.15. The minimum Gasteiger partial charge on any atom is -0.480 e. The molecule has 0 amide bonds. The Morgan fingerprint density at radius 3 is 2.44 bits per heavy atom. The van der Waals surface area contributed by atoms with Crippen molar-refractivity contribution < 1.29 is 17.9 Å². The molecule has 0 spiro atoms. The molecule has 32 heavy (non-hydrogen) atoms. The molecule has 0 aliphatic carbocycles. The van der Waals surface area contributed by atoms with Crippen molar-refractivity contribution in [2.45, 2.75) is 12.7 Å². The summed E-state index contributed by atoms with van der Waals surface area (Å²) in [5.74, 6) is 1.37. The topological polar surface area (TPSA) is 76.4 Å². The molecule has 1 aliphatic heterocycles. The van der Waals surface area contributed by atoms with Crippen molar-refractivity contribution in [2.75, 3.05) is 43.1 Å². The SMILES string of the molecule is COc1nc(N2CCN(c3ncn(Cc4ccc(C(F)(F)F)s4)c(=O)n3)CC2)ccc1Cl. The van der Waals surface area contributed by atoms with Gasteiger partial charge in [-0.25, -0.2) is 9.78 Å². The molecule has 1 fully saturated rings. The lowest BCUT2D eigenvalue weighted by molar-refractivity contribution is -0.134. The van der Waals surface area contributed by atoms with E-state index in [9.17, 15) is 18.0 Å². The Kier molecular flexibility index (Phi) is 6.24. The summed E-state index contributed by atoms with van der Waals surface area (Å²) in [7, 11) is 1.50. The van der Waals surface area contributed by atoms with Crippen LogP contribution in [0.5, 0.6) is 5.88 Å². The summed E-state index contributed by atoms with van der Waals surface area (Å²) in [5.41, 5.74) is -0.566. The summed E-state index contributed by atoms with van der Waals surface area (Å²) >= 11 is 6.62. The van der Waals surface area contributed by atoms with Gasteiger partial charge in [0.25, 0.3) is 0 Å². The lowest BCUT2D eigenvalue weighted by atomic mass is 10.3. The zero-order valence-electron chi connectivity index (χ0n) is 16.8. The molecule has 170 valence electrons. The Morgan fingerprint density at radius 2 is 1.81 bits per heavy atom. The van der Waals surface area contributed by atoms with E-state index in [0.29, 0.717) is 53.3 Å². The molecule has 1 aliphatic rings. The molecule has 4 rings (SSSR count). The molecule has 1 saturated heterocycles. The third-order valence-corrected chi connectivity index (χ3v) is 6.30. The van der Waals surface area contributed by atoms with Gasteiger partial charge in [-0.15, -0.1) is 11.3 Å². The zero-order valence-corrected chi connectivity index (χ0v) is 18.4. The van der Waals surface area contributed by atoms with E-state index in [0.717, 1.165) is 11.9 Å². The van der Waals surface area contributed by atoms with Gasteiger partial charge in [0.15, 0.2) is 0 Å². The van der Waals surface area contributed by atoms with E-state index in [1.165, 1.54) is 24.1 Å². The first-order valence-corrected chi connectivity index (χ1v) is 10.7. The molecule has 3 aromatic heterocycles. The van der Waals surface area contributed by atoms with Crippen LogP contribution in [0.15, 0.2) is 35.4 Å². The Bertz CT molecular complexity index is 1160. The fourth-order valence-corrected chi connectivity index (χ4v) is 4.32. The van der Waals surface area contributed by atoms with E-state index in [1.807, 2.05) is 11.0 Å². The molecule has 13 heteroatoms. The summed E-state index contributed by atoms with van der Waals surface area (Å²) in [5, 5.41) is 0.432. The van der Waals surface area contributed by atoms with Gasteiger partial charge in [0.1, 0.15) is 22.0 Å². The van der Waals surface area contributed by atoms with Gasteiger partial charge in [-0.05, 0) is 24.3 Å². The number of halogens is 4. The molecule has 0 saturated carbocycles. The number of hydrogen-bond donors (Lipinski definition) is 0. The van der Waals surface area contributed by atoms with E-state index in [2.05, 4.69) is 19.9 Å². The van der Waals surface area contributed by atoms with Crippen molar-refractivity contribution in [1.82, 2.24) is 19.5 Å². The van der Waals surface area contributed by atoms with Crippen LogP contribution in [-0.4, -0.2) is 52.8 Å². The van der Waals surface area contributed by atoms with E-state index < -0.39 is 16.7 Å². The highest BCUT2D eigenvalue weighted by Crippen LogP contribution is 2.34. The molecular weight excluding hydrogens is 469 g/mol. The van der Waals surface area contributed by atoms with E-state index in [-0.39, 0.29) is 12.5 Å². The first-order valence-electron chi connectivity index (χ1n) is 9.54. The molecule has 0 atom stereocenters. The van der Waals surface area contributed by atoms with Crippen LogP contribution >= 0.6 is 22.9 Å². The number of pyridine rings is 1. The zero-order chi connectivity index (χ0) is 22.9. The highest BCUT2D eigenvalue weighted by Gasteiger charge is 2.32. The van der Waals surface area contributed by atoms with Gasteiger partial charge in [0, 0.05) is 31.1 Å².